The van der Waals surface area contributed by atoms with E-state index in [2.05, 4.69) is 5.32 Å². The lowest BCUT2D eigenvalue weighted by Crippen LogP contribution is -2.78. The molecule has 1 aliphatic heterocycles. The van der Waals surface area contributed by atoms with Crippen molar-refractivity contribution in [2.75, 3.05) is 6.61 Å². The zero-order valence-electron chi connectivity index (χ0n) is 32.1. The molecule has 0 spiro atoms. The smallest absolute Gasteiger partial charge is 0.350 e. The summed E-state index contributed by atoms with van der Waals surface area (Å²) in [5, 5.41) is 51.7. The highest BCUT2D eigenvalue weighted by atomic mass is 16.6. The summed E-state index contributed by atoms with van der Waals surface area (Å²) in [5.41, 5.74) is -3.96. The highest BCUT2D eigenvalue weighted by molar-refractivity contribution is 5.95. The predicted octanol–water partition coefficient (Wildman–Crippen LogP) is 4.40. The number of carbonyl (C=O) groups is 3. The van der Waals surface area contributed by atoms with Crippen LogP contribution in [0.1, 0.15) is 75.0 Å². The van der Waals surface area contributed by atoms with Crippen LogP contribution in [0, 0.1) is 29.6 Å². The Morgan fingerprint density at radius 2 is 1.53 bits per heavy atom. The third-order valence-corrected chi connectivity index (χ3v) is 13.5. The second kappa shape index (κ2) is 14.0. The first-order valence-electron chi connectivity index (χ1n) is 19.0. The maximum atomic E-state index is 14.8. The van der Waals surface area contributed by atoms with Crippen molar-refractivity contribution in [3.8, 4) is 5.75 Å². The quantitative estimate of drug-likeness (QED) is 0.164. The number of amides is 1. The largest absolute Gasteiger partial charge is 0.476 e. The number of nitrogens with one attached hydrogen (secondary N) is 1. The number of esters is 1. The molecule has 4 aliphatic rings. The summed E-state index contributed by atoms with van der Waals surface area (Å²) in [5.74, 6) is -3.47. The van der Waals surface area contributed by atoms with Gasteiger partial charge >= 0.3 is 5.97 Å². The molecule has 11 heteroatoms. The van der Waals surface area contributed by atoms with Gasteiger partial charge in [0.2, 0.25) is 6.10 Å². The Kier molecular flexibility index (Phi) is 9.87. The van der Waals surface area contributed by atoms with Crippen molar-refractivity contribution < 1.29 is 49.0 Å². The first-order chi connectivity index (χ1) is 26.0. The van der Waals surface area contributed by atoms with Crippen LogP contribution in [-0.4, -0.2) is 86.4 Å². The fourth-order valence-corrected chi connectivity index (χ4v) is 10.2. The molecule has 1 amide bonds. The van der Waals surface area contributed by atoms with E-state index >= 15 is 0 Å². The lowest BCUT2D eigenvalue weighted by Gasteiger charge is -2.67. The van der Waals surface area contributed by atoms with Crippen LogP contribution >= 0.6 is 0 Å². The fourth-order valence-electron chi connectivity index (χ4n) is 10.2. The number of ether oxygens (including phenoxy) is 3. The summed E-state index contributed by atoms with van der Waals surface area (Å²) in [6.07, 6.45) is -6.56. The Balaban J connectivity index is 1.32. The zero-order valence-corrected chi connectivity index (χ0v) is 32.1. The van der Waals surface area contributed by atoms with E-state index in [0.29, 0.717) is 22.4 Å². The van der Waals surface area contributed by atoms with E-state index in [1.165, 1.54) is 0 Å². The number of rotatable bonds is 8. The van der Waals surface area contributed by atoms with Gasteiger partial charge in [0.25, 0.3) is 5.91 Å². The molecule has 11 atom stereocenters. The van der Waals surface area contributed by atoms with Gasteiger partial charge in [0.05, 0.1) is 29.8 Å². The van der Waals surface area contributed by atoms with E-state index in [1.54, 1.807) is 101 Å². The molecule has 292 valence electrons. The van der Waals surface area contributed by atoms with Gasteiger partial charge in [-0.05, 0) is 67.2 Å². The van der Waals surface area contributed by atoms with Crippen LogP contribution in [0.2, 0.25) is 0 Å². The molecule has 9 unspecified atom stereocenters. The molecule has 3 fully saturated rings. The molecule has 1 saturated heterocycles. The number of ketones is 1. The third-order valence-electron chi connectivity index (χ3n) is 13.5. The molecular weight excluding hydrogens is 702 g/mol. The minimum absolute atomic E-state index is 0.000434. The maximum absolute atomic E-state index is 14.8. The van der Waals surface area contributed by atoms with Crippen molar-refractivity contribution in [1.29, 1.82) is 0 Å². The van der Waals surface area contributed by atoms with Crippen LogP contribution < -0.4 is 10.1 Å². The second-order valence-electron chi connectivity index (χ2n) is 16.7. The second-order valence-corrected chi connectivity index (χ2v) is 16.7. The molecule has 11 nitrogen and oxygen atoms in total. The molecule has 55 heavy (non-hydrogen) atoms. The normalized spacial score (nSPS) is 34.8. The van der Waals surface area contributed by atoms with Crippen molar-refractivity contribution in [2.45, 2.75) is 102 Å². The molecule has 0 radical (unpaired) electrons. The van der Waals surface area contributed by atoms with E-state index in [9.17, 15) is 34.8 Å². The van der Waals surface area contributed by atoms with Gasteiger partial charge in [-0.3, -0.25) is 9.59 Å². The Bertz CT molecular complexity index is 2000. The zero-order chi connectivity index (χ0) is 39.7. The fraction of sp³-hybridized carbons (Fsp3) is 0.477. The Labute approximate surface area is 321 Å². The number of hydrogen-bond acceptors (Lipinski definition) is 10. The molecular formula is C44H51NO10. The molecule has 0 aromatic heterocycles. The number of hydrogen-bond donors (Lipinski definition) is 5. The topological polar surface area (TPSA) is 172 Å². The predicted molar refractivity (Wildman–Crippen MR) is 202 cm³/mol. The van der Waals surface area contributed by atoms with E-state index < -0.39 is 88.1 Å². The van der Waals surface area contributed by atoms with Crippen molar-refractivity contribution >= 4 is 17.7 Å². The molecule has 5 N–H and O–H groups in total. The minimum Gasteiger partial charge on any atom is -0.476 e. The van der Waals surface area contributed by atoms with Crippen LogP contribution in [0.25, 0.3) is 0 Å². The summed E-state index contributed by atoms with van der Waals surface area (Å²) >= 11 is 0. The SMILES string of the molecule is CC1=C2C(O)C(=O)[C@]3(C)C(O)CC4OCC4(O)C3[C@H](C)C(O)(CC1OC(=O)C(Oc1ccccc1C)C(NC(=O)c1ccccc1)c1ccccc1)C2(C)C. The van der Waals surface area contributed by atoms with Gasteiger partial charge in [-0.1, -0.05) is 87.5 Å². The van der Waals surface area contributed by atoms with Gasteiger partial charge in [0.1, 0.15) is 29.6 Å². The third kappa shape index (κ3) is 6.03. The van der Waals surface area contributed by atoms with Gasteiger partial charge in [-0.15, -0.1) is 0 Å². The molecule has 2 saturated carbocycles. The van der Waals surface area contributed by atoms with E-state index in [1.807, 2.05) is 25.1 Å². The molecule has 1 heterocycles. The number of carbonyl (C=O) groups excluding carboxylic acids is 3. The Morgan fingerprint density at radius 1 is 0.909 bits per heavy atom. The van der Waals surface area contributed by atoms with Crippen LogP contribution in [0.5, 0.6) is 5.75 Å². The lowest BCUT2D eigenvalue weighted by atomic mass is 9.43. The van der Waals surface area contributed by atoms with Crippen molar-refractivity contribution in [3.63, 3.8) is 0 Å². The number of benzene rings is 3. The molecule has 3 aliphatic carbocycles. The highest BCUT2D eigenvalue weighted by Gasteiger charge is 2.74. The monoisotopic (exact) mass is 753 g/mol. The first kappa shape index (κ1) is 38.9. The maximum Gasteiger partial charge on any atom is 0.350 e. The van der Waals surface area contributed by atoms with Crippen molar-refractivity contribution in [1.82, 2.24) is 5.32 Å². The standard InChI is InChI=1S/C44H51NO10/c1-24-15-13-14-20-29(24)54-36(34(27-16-9-7-10-17-27)45-39(49)28-18-11-8-12-19-28)40(50)55-30-22-44(52)26(3)37-42(6,31(46)21-32-43(37,51)23-53-32)38(48)35(47)33(25(30)2)41(44,4)5/h7-20,26,30-32,34-37,46-47,51-52H,21-23H2,1-6H3,(H,45,49)/t26-,30?,31?,32?,34?,35?,36?,37?,42+,43?,44?/m0/s1. The summed E-state index contributed by atoms with van der Waals surface area (Å²) in [6, 6.07) is 23.6. The molecule has 2 bridgehead atoms. The lowest BCUT2D eigenvalue weighted by molar-refractivity contribution is -0.335. The van der Waals surface area contributed by atoms with Crippen LogP contribution in [-0.2, 0) is 19.1 Å². The van der Waals surface area contributed by atoms with Crippen LogP contribution in [0.3, 0.4) is 0 Å². The van der Waals surface area contributed by atoms with Gasteiger partial charge in [0, 0.05) is 29.7 Å². The number of fused-ring (bicyclic) bond motifs is 5. The molecule has 7 rings (SSSR count). The number of Topliss-reactive ketones (excluding diaryl/α,β-unsaturated/α-hetero) is 1. The van der Waals surface area contributed by atoms with Gasteiger partial charge in [-0.25, -0.2) is 4.79 Å². The minimum atomic E-state index is -1.79. The summed E-state index contributed by atoms with van der Waals surface area (Å²) in [6.45, 7) is 10.2. The van der Waals surface area contributed by atoms with Crippen molar-refractivity contribution in [2.24, 2.45) is 22.7 Å². The Hall–Kier alpha value is -4.39. The average Bonchev–Trinajstić information content (AvgIpc) is 3.16. The summed E-state index contributed by atoms with van der Waals surface area (Å²) < 4.78 is 18.5. The highest BCUT2D eigenvalue weighted by Crippen LogP contribution is 2.64. The number of aliphatic hydroxyl groups is 4. The summed E-state index contributed by atoms with van der Waals surface area (Å²) in [4.78, 5) is 43.1. The Morgan fingerprint density at radius 3 is 2.15 bits per heavy atom. The van der Waals surface area contributed by atoms with Crippen LogP contribution in [0.4, 0.5) is 0 Å². The average molecular weight is 754 g/mol. The number of aryl methyl sites for hydroxylation is 1. The first-order valence-corrected chi connectivity index (χ1v) is 19.0. The molecule has 3 aromatic carbocycles. The summed E-state index contributed by atoms with van der Waals surface area (Å²) in [7, 11) is 0. The number of para-hydroxylation sites is 1. The van der Waals surface area contributed by atoms with Crippen molar-refractivity contribution in [3.05, 3.63) is 113 Å². The number of aliphatic hydroxyl groups excluding tert-OH is 2. The van der Waals surface area contributed by atoms with Gasteiger partial charge in [0.15, 0.2) is 5.78 Å². The van der Waals surface area contributed by atoms with E-state index in [4.69, 9.17) is 14.2 Å². The van der Waals surface area contributed by atoms with E-state index in [-0.39, 0.29) is 25.0 Å². The van der Waals surface area contributed by atoms with E-state index in [0.717, 1.165) is 5.56 Å². The van der Waals surface area contributed by atoms with Crippen LogP contribution in [0.15, 0.2) is 96.1 Å². The van der Waals surface area contributed by atoms with Gasteiger partial charge in [-0.2, -0.15) is 0 Å². The van der Waals surface area contributed by atoms with Gasteiger partial charge < -0.3 is 40.0 Å². The molecule has 3 aromatic rings.